The van der Waals surface area contributed by atoms with Crippen LogP contribution >= 0.6 is 11.6 Å². The number of ketones is 1. The second kappa shape index (κ2) is 15.2. The van der Waals surface area contributed by atoms with Crippen LogP contribution in [-0.4, -0.2) is 67.5 Å². The third-order valence-corrected chi connectivity index (χ3v) is 9.95. The highest BCUT2D eigenvalue weighted by Crippen LogP contribution is 2.31. The molecule has 1 fully saturated rings. The topological polar surface area (TPSA) is 155 Å². The Morgan fingerprint density at radius 2 is 1.67 bits per heavy atom. The van der Waals surface area contributed by atoms with E-state index in [1.165, 1.54) is 25.1 Å². The minimum Gasteiger partial charge on any atom is -0.436 e. The van der Waals surface area contributed by atoms with Crippen molar-refractivity contribution in [3.63, 3.8) is 0 Å². The van der Waals surface area contributed by atoms with Crippen LogP contribution in [0.2, 0.25) is 5.02 Å². The molecule has 4 unspecified atom stereocenters. The van der Waals surface area contributed by atoms with Gasteiger partial charge in [-0.05, 0) is 50.6 Å². The summed E-state index contributed by atoms with van der Waals surface area (Å²) in [7, 11) is -3.88. The highest BCUT2D eigenvalue weighted by atomic mass is 35.5. The minimum absolute atomic E-state index is 0.000585. The lowest BCUT2D eigenvalue weighted by atomic mass is 9.92. The zero-order valence-electron chi connectivity index (χ0n) is 26.4. The van der Waals surface area contributed by atoms with Gasteiger partial charge >= 0.3 is 6.09 Å². The summed E-state index contributed by atoms with van der Waals surface area (Å²) in [6.45, 7) is 7.37. The molecule has 0 radical (unpaired) electrons. The predicted octanol–water partition coefficient (Wildman–Crippen LogP) is 5.12. The SMILES string of the molecule is CCCCCCCCNS(=O)(=O)c1ccc(NC(=O)C(C(=O)C2=NN(c3ccccc3)C(C)C2C)N2C(=O)OC(C)C2=O)c(Cl)c1. The van der Waals surface area contributed by atoms with Gasteiger partial charge in [0, 0.05) is 12.5 Å². The number of amides is 3. The summed E-state index contributed by atoms with van der Waals surface area (Å²) in [5.74, 6) is -3.22. The Hall–Kier alpha value is -3.81. The van der Waals surface area contributed by atoms with E-state index >= 15 is 0 Å². The lowest BCUT2D eigenvalue weighted by Crippen LogP contribution is -2.54. The molecule has 0 aliphatic carbocycles. The Morgan fingerprint density at radius 1 is 1.00 bits per heavy atom. The highest BCUT2D eigenvalue weighted by Gasteiger charge is 2.51. The molecule has 4 rings (SSSR count). The standard InChI is InChI=1S/C32H40ClN5O7S/c1-5-6-7-8-9-13-18-34-46(43,44)24-16-17-26(25(33)19-24)35-30(40)28(37-31(41)22(4)45-32(37)42)29(39)27-20(2)21(3)38(36-27)23-14-11-10-12-15-23/h10-12,14-17,19-22,28,34H,5-9,13,18H2,1-4H3,(H,35,40). The Labute approximate surface area is 274 Å². The first-order chi connectivity index (χ1) is 21.9. The number of hydrogen-bond donors (Lipinski definition) is 2. The number of hydrogen-bond acceptors (Lipinski definition) is 9. The number of benzene rings is 2. The predicted molar refractivity (Wildman–Crippen MR) is 175 cm³/mol. The number of para-hydroxylation sites is 1. The van der Waals surface area contributed by atoms with Crippen molar-refractivity contribution in [3.05, 3.63) is 53.6 Å². The lowest BCUT2D eigenvalue weighted by molar-refractivity contribution is -0.138. The number of ether oxygens (including phenoxy) is 1. The molecule has 0 bridgehead atoms. The maximum absolute atomic E-state index is 14.0. The van der Waals surface area contributed by atoms with Crippen molar-refractivity contribution in [1.29, 1.82) is 0 Å². The fourth-order valence-electron chi connectivity index (χ4n) is 5.32. The Morgan fingerprint density at radius 3 is 2.30 bits per heavy atom. The van der Waals surface area contributed by atoms with Gasteiger partial charge in [0.1, 0.15) is 5.71 Å². The molecule has 2 aromatic rings. The summed E-state index contributed by atoms with van der Waals surface area (Å²) in [5, 5.41) is 8.53. The smallest absolute Gasteiger partial charge is 0.418 e. The number of halogens is 1. The second-order valence-electron chi connectivity index (χ2n) is 11.5. The number of unbranched alkanes of at least 4 members (excludes halogenated alkanes) is 5. The van der Waals surface area contributed by atoms with E-state index in [0.717, 1.165) is 37.8 Å². The molecule has 46 heavy (non-hydrogen) atoms. The molecule has 0 spiro atoms. The molecule has 0 saturated carbocycles. The number of sulfonamides is 1. The van der Waals surface area contributed by atoms with E-state index in [1.54, 1.807) is 11.9 Å². The summed E-state index contributed by atoms with van der Waals surface area (Å²) in [4.78, 5) is 53.9. The number of carbonyl (C=O) groups is 4. The molecular formula is C32H40ClN5O7S. The van der Waals surface area contributed by atoms with Crippen LogP contribution in [0, 0.1) is 5.92 Å². The summed E-state index contributed by atoms with van der Waals surface area (Å²) in [6, 6.07) is 10.6. The number of nitrogens with one attached hydrogen (secondary N) is 2. The van der Waals surface area contributed by atoms with E-state index in [9.17, 15) is 27.6 Å². The third-order valence-electron chi connectivity index (χ3n) is 8.17. The average molecular weight is 674 g/mol. The van der Waals surface area contributed by atoms with E-state index in [-0.39, 0.29) is 33.9 Å². The fourth-order valence-corrected chi connectivity index (χ4v) is 6.71. The first kappa shape index (κ1) is 35.1. The second-order valence-corrected chi connectivity index (χ2v) is 13.7. The van der Waals surface area contributed by atoms with Crippen LogP contribution in [-0.2, 0) is 29.1 Å². The first-order valence-electron chi connectivity index (χ1n) is 15.5. The Balaban J connectivity index is 1.55. The number of hydrazone groups is 1. The molecule has 3 amide bonds. The van der Waals surface area contributed by atoms with Gasteiger partial charge in [-0.25, -0.2) is 22.8 Å². The number of nitrogens with zero attached hydrogens (tertiary/aromatic N) is 3. The van der Waals surface area contributed by atoms with Crippen molar-refractivity contribution in [2.24, 2.45) is 11.0 Å². The number of imide groups is 1. The van der Waals surface area contributed by atoms with Crippen molar-refractivity contribution in [3.8, 4) is 0 Å². The number of anilines is 2. The van der Waals surface area contributed by atoms with Gasteiger partial charge in [-0.1, -0.05) is 75.8 Å². The van der Waals surface area contributed by atoms with E-state index in [1.807, 2.05) is 37.3 Å². The van der Waals surface area contributed by atoms with Gasteiger partial charge < -0.3 is 10.1 Å². The molecular weight excluding hydrogens is 634 g/mol. The van der Waals surface area contributed by atoms with Crippen LogP contribution in [0.1, 0.15) is 66.2 Å². The van der Waals surface area contributed by atoms with Gasteiger partial charge in [0.25, 0.3) is 11.8 Å². The zero-order valence-corrected chi connectivity index (χ0v) is 27.9. The molecule has 2 aliphatic rings. The molecule has 12 nitrogen and oxygen atoms in total. The van der Waals surface area contributed by atoms with E-state index in [4.69, 9.17) is 16.3 Å². The summed E-state index contributed by atoms with van der Waals surface area (Å²) < 4.78 is 33.3. The number of cyclic esters (lactones) is 1. The molecule has 0 aromatic heterocycles. The molecule has 248 valence electrons. The van der Waals surface area contributed by atoms with Crippen molar-refractivity contribution >= 4 is 62.4 Å². The van der Waals surface area contributed by atoms with Crippen molar-refractivity contribution in [2.45, 2.75) is 89.3 Å². The maximum atomic E-state index is 14.0. The quantitative estimate of drug-likeness (QED) is 0.195. The van der Waals surface area contributed by atoms with Gasteiger partial charge in [-0.3, -0.25) is 19.4 Å². The van der Waals surface area contributed by atoms with Crippen LogP contribution in [0.25, 0.3) is 0 Å². The van der Waals surface area contributed by atoms with Crippen LogP contribution in [0.15, 0.2) is 58.5 Å². The first-order valence-corrected chi connectivity index (χ1v) is 17.3. The summed E-state index contributed by atoms with van der Waals surface area (Å²) >= 11 is 6.40. The third kappa shape index (κ3) is 7.76. The fraction of sp³-hybridized carbons (Fsp3) is 0.469. The molecule has 2 aromatic carbocycles. The molecule has 14 heteroatoms. The van der Waals surface area contributed by atoms with Gasteiger partial charge in [0.05, 0.1) is 27.3 Å². The number of rotatable bonds is 15. The average Bonchev–Trinajstić information content (AvgIpc) is 3.46. The molecule has 2 N–H and O–H groups in total. The zero-order chi connectivity index (χ0) is 33.6. The Bertz CT molecular complexity index is 1600. The van der Waals surface area contributed by atoms with Gasteiger partial charge in [0.2, 0.25) is 15.8 Å². The van der Waals surface area contributed by atoms with Crippen LogP contribution < -0.4 is 15.0 Å². The molecule has 2 heterocycles. The van der Waals surface area contributed by atoms with Crippen molar-refractivity contribution < 1.29 is 32.3 Å². The van der Waals surface area contributed by atoms with Crippen LogP contribution in [0.3, 0.4) is 0 Å². The van der Waals surface area contributed by atoms with Crippen molar-refractivity contribution in [1.82, 2.24) is 9.62 Å². The van der Waals surface area contributed by atoms with Gasteiger partial charge in [-0.2, -0.15) is 5.10 Å². The van der Waals surface area contributed by atoms with Crippen molar-refractivity contribution in [2.75, 3.05) is 16.9 Å². The monoisotopic (exact) mass is 673 g/mol. The van der Waals surface area contributed by atoms with Gasteiger partial charge in [-0.15, -0.1) is 0 Å². The highest BCUT2D eigenvalue weighted by molar-refractivity contribution is 7.89. The normalized spacial score (nSPS) is 20.5. The van der Waals surface area contributed by atoms with Gasteiger partial charge in [0.15, 0.2) is 12.1 Å². The van der Waals surface area contributed by atoms with E-state index in [2.05, 4.69) is 22.1 Å². The summed E-state index contributed by atoms with van der Waals surface area (Å²) in [6.07, 6.45) is 3.70. The minimum atomic E-state index is -3.88. The van der Waals surface area contributed by atoms with Crippen LogP contribution in [0.4, 0.5) is 16.2 Å². The largest absolute Gasteiger partial charge is 0.436 e. The number of Topliss-reactive ketones (excluding diaryl/α,β-unsaturated/α-hetero) is 1. The molecule has 4 atom stereocenters. The molecule has 2 aliphatic heterocycles. The summed E-state index contributed by atoms with van der Waals surface area (Å²) in [5.41, 5.74) is 0.702. The Kier molecular flexibility index (Phi) is 11.6. The van der Waals surface area contributed by atoms with E-state index in [0.29, 0.717) is 11.3 Å². The molecule has 1 saturated heterocycles. The van der Waals surface area contributed by atoms with Crippen LogP contribution in [0.5, 0.6) is 0 Å². The van der Waals surface area contributed by atoms with E-state index < -0.39 is 51.8 Å². The lowest BCUT2D eigenvalue weighted by Gasteiger charge is -2.24. The maximum Gasteiger partial charge on any atom is 0.418 e. The number of carbonyl (C=O) groups excluding carboxylic acids is 4.